The molecule has 2 fully saturated rings. The van der Waals surface area contributed by atoms with E-state index in [1.165, 1.54) is 71.1 Å². The van der Waals surface area contributed by atoms with Gasteiger partial charge in [-0.25, -0.2) is 0 Å². The van der Waals surface area contributed by atoms with Crippen LogP contribution in [0.25, 0.3) is 0 Å². The van der Waals surface area contributed by atoms with Crippen molar-refractivity contribution >= 4 is 0 Å². The first-order valence-electron chi connectivity index (χ1n) is 7.31. The Balaban J connectivity index is 1.57. The Morgan fingerprint density at radius 1 is 1.06 bits per heavy atom. The van der Waals surface area contributed by atoms with Crippen LogP contribution in [-0.2, 0) is 0 Å². The van der Waals surface area contributed by atoms with Crippen molar-refractivity contribution in [3.05, 3.63) is 0 Å². The molecule has 0 aromatic rings. The van der Waals surface area contributed by atoms with Gasteiger partial charge in [-0.05, 0) is 58.2 Å². The highest BCUT2D eigenvalue weighted by molar-refractivity contribution is 4.75. The van der Waals surface area contributed by atoms with E-state index in [4.69, 9.17) is 0 Å². The number of nitrogens with zero attached hydrogens (tertiary/aromatic N) is 1. The van der Waals surface area contributed by atoms with Gasteiger partial charge in [0.2, 0.25) is 0 Å². The van der Waals surface area contributed by atoms with Crippen molar-refractivity contribution in [1.29, 1.82) is 0 Å². The third-order valence-corrected chi connectivity index (χ3v) is 4.36. The fourth-order valence-electron chi connectivity index (χ4n) is 3.20. The van der Waals surface area contributed by atoms with Gasteiger partial charge in [-0.3, -0.25) is 4.90 Å². The third kappa shape index (κ3) is 3.74. The molecule has 1 heterocycles. The SMILES string of the molecule is CC(CNCC1CCCC1)N1CCCCC1. The normalized spacial score (nSPS) is 26.1. The van der Waals surface area contributed by atoms with Crippen molar-refractivity contribution in [3.63, 3.8) is 0 Å². The summed E-state index contributed by atoms with van der Waals surface area (Å²) >= 11 is 0. The van der Waals surface area contributed by atoms with Gasteiger partial charge in [-0.2, -0.15) is 0 Å². The number of rotatable bonds is 5. The van der Waals surface area contributed by atoms with Crippen LogP contribution < -0.4 is 5.32 Å². The molecule has 2 nitrogen and oxygen atoms in total. The number of likely N-dealkylation sites (tertiary alicyclic amines) is 1. The first-order chi connectivity index (χ1) is 7.86. The summed E-state index contributed by atoms with van der Waals surface area (Å²) in [4.78, 5) is 2.66. The predicted molar refractivity (Wildman–Crippen MR) is 69.7 cm³/mol. The van der Waals surface area contributed by atoms with Gasteiger partial charge in [0.05, 0.1) is 0 Å². The topological polar surface area (TPSA) is 15.3 Å². The highest BCUT2D eigenvalue weighted by Gasteiger charge is 2.18. The minimum Gasteiger partial charge on any atom is -0.315 e. The predicted octanol–water partition coefficient (Wildman–Crippen LogP) is 2.64. The Morgan fingerprint density at radius 2 is 1.75 bits per heavy atom. The average Bonchev–Trinajstić information content (AvgIpc) is 2.83. The van der Waals surface area contributed by atoms with Crippen LogP contribution in [0.3, 0.4) is 0 Å². The standard InChI is InChI=1S/C14H28N2/c1-13(16-9-5-2-6-10-16)11-15-12-14-7-3-4-8-14/h13-15H,2-12H2,1H3. The van der Waals surface area contributed by atoms with Crippen molar-refractivity contribution in [3.8, 4) is 0 Å². The number of nitrogens with one attached hydrogen (secondary N) is 1. The van der Waals surface area contributed by atoms with Gasteiger partial charge in [0.15, 0.2) is 0 Å². The maximum atomic E-state index is 3.68. The molecule has 0 bridgehead atoms. The largest absolute Gasteiger partial charge is 0.315 e. The molecule has 1 atom stereocenters. The maximum Gasteiger partial charge on any atom is 0.0192 e. The molecule has 94 valence electrons. The van der Waals surface area contributed by atoms with E-state index >= 15 is 0 Å². The molecule has 0 aromatic carbocycles. The zero-order chi connectivity index (χ0) is 11.2. The Kier molecular flexibility index (Phi) is 5.11. The maximum absolute atomic E-state index is 3.68. The Hall–Kier alpha value is -0.0800. The summed E-state index contributed by atoms with van der Waals surface area (Å²) in [5, 5.41) is 3.68. The lowest BCUT2D eigenvalue weighted by molar-refractivity contribution is 0.170. The van der Waals surface area contributed by atoms with E-state index in [2.05, 4.69) is 17.1 Å². The van der Waals surface area contributed by atoms with Gasteiger partial charge < -0.3 is 5.32 Å². The molecule has 1 aliphatic carbocycles. The molecule has 1 aliphatic heterocycles. The van der Waals surface area contributed by atoms with Gasteiger partial charge >= 0.3 is 0 Å². The van der Waals surface area contributed by atoms with Crippen molar-refractivity contribution in [2.45, 2.75) is 57.9 Å². The lowest BCUT2D eigenvalue weighted by Crippen LogP contribution is -2.43. The molecule has 16 heavy (non-hydrogen) atoms. The summed E-state index contributed by atoms with van der Waals surface area (Å²) < 4.78 is 0. The van der Waals surface area contributed by atoms with Crippen LogP contribution in [0.2, 0.25) is 0 Å². The summed E-state index contributed by atoms with van der Waals surface area (Å²) in [5.74, 6) is 0.980. The third-order valence-electron chi connectivity index (χ3n) is 4.36. The van der Waals surface area contributed by atoms with Crippen LogP contribution in [-0.4, -0.2) is 37.1 Å². The Bertz CT molecular complexity index is 181. The van der Waals surface area contributed by atoms with Crippen molar-refractivity contribution in [2.24, 2.45) is 5.92 Å². The molecule has 0 spiro atoms. The van der Waals surface area contributed by atoms with Crippen LogP contribution in [0, 0.1) is 5.92 Å². The second-order valence-corrected chi connectivity index (χ2v) is 5.75. The van der Waals surface area contributed by atoms with E-state index in [1.54, 1.807) is 0 Å². The van der Waals surface area contributed by atoms with E-state index < -0.39 is 0 Å². The molecular weight excluding hydrogens is 196 g/mol. The number of hydrogen-bond donors (Lipinski definition) is 1. The van der Waals surface area contributed by atoms with Crippen LogP contribution in [0.15, 0.2) is 0 Å². The summed E-state index contributed by atoms with van der Waals surface area (Å²) in [5.41, 5.74) is 0. The quantitative estimate of drug-likeness (QED) is 0.772. The highest BCUT2D eigenvalue weighted by Crippen LogP contribution is 2.23. The Morgan fingerprint density at radius 3 is 2.44 bits per heavy atom. The van der Waals surface area contributed by atoms with Gasteiger partial charge in [0.1, 0.15) is 0 Å². The van der Waals surface area contributed by atoms with Crippen LogP contribution in [0.4, 0.5) is 0 Å². The van der Waals surface area contributed by atoms with Crippen LogP contribution in [0.1, 0.15) is 51.9 Å². The van der Waals surface area contributed by atoms with Crippen molar-refractivity contribution in [1.82, 2.24) is 10.2 Å². The van der Waals surface area contributed by atoms with E-state index in [-0.39, 0.29) is 0 Å². The first-order valence-corrected chi connectivity index (χ1v) is 7.31. The summed E-state index contributed by atoms with van der Waals surface area (Å²) in [6.45, 7) is 7.49. The zero-order valence-corrected chi connectivity index (χ0v) is 10.9. The fraction of sp³-hybridized carbons (Fsp3) is 1.00. The molecule has 1 unspecified atom stereocenters. The van der Waals surface area contributed by atoms with Gasteiger partial charge in [-0.15, -0.1) is 0 Å². The van der Waals surface area contributed by atoms with Crippen molar-refractivity contribution < 1.29 is 0 Å². The Labute approximate surface area is 101 Å². The number of hydrogen-bond acceptors (Lipinski definition) is 2. The molecule has 0 radical (unpaired) electrons. The number of piperidine rings is 1. The van der Waals surface area contributed by atoms with Gasteiger partial charge in [-0.1, -0.05) is 19.3 Å². The molecule has 1 saturated heterocycles. The molecule has 2 heteroatoms. The molecule has 2 rings (SSSR count). The van der Waals surface area contributed by atoms with E-state index in [0.717, 1.165) is 12.0 Å². The summed E-state index contributed by atoms with van der Waals surface area (Å²) in [7, 11) is 0. The van der Waals surface area contributed by atoms with E-state index in [0.29, 0.717) is 0 Å². The molecule has 1 N–H and O–H groups in total. The molecule has 1 saturated carbocycles. The zero-order valence-electron chi connectivity index (χ0n) is 10.9. The monoisotopic (exact) mass is 224 g/mol. The highest BCUT2D eigenvalue weighted by atomic mass is 15.2. The fourth-order valence-corrected chi connectivity index (χ4v) is 3.20. The van der Waals surface area contributed by atoms with Crippen LogP contribution >= 0.6 is 0 Å². The van der Waals surface area contributed by atoms with Gasteiger partial charge in [0, 0.05) is 12.6 Å². The van der Waals surface area contributed by atoms with E-state index in [9.17, 15) is 0 Å². The summed E-state index contributed by atoms with van der Waals surface area (Å²) in [6.07, 6.45) is 10.1. The van der Waals surface area contributed by atoms with E-state index in [1.807, 2.05) is 0 Å². The molecule has 0 amide bonds. The molecule has 0 aromatic heterocycles. The molecule has 2 aliphatic rings. The van der Waals surface area contributed by atoms with Crippen LogP contribution in [0.5, 0.6) is 0 Å². The first kappa shape index (κ1) is 12.4. The lowest BCUT2D eigenvalue weighted by Gasteiger charge is -2.32. The van der Waals surface area contributed by atoms with Crippen molar-refractivity contribution in [2.75, 3.05) is 26.2 Å². The minimum absolute atomic E-state index is 0.738. The average molecular weight is 224 g/mol. The molecular formula is C14H28N2. The summed E-state index contributed by atoms with van der Waals surface area (Å²) in [6, 6.07) is 0.738. The second kappa shape index (κ2) is 6.61. The minimum atomic E-state index is 0.738. The smallest absolute Gasteiger partial charge is 0.0192 e. The lowest BCUT2D eigenvalue weighted by atomic mass is 10.1. The second-order valence-electron chi connectivity index (χ2n) is 5.75. The van der Waals surface area contributed by atoms with Gasteiger partial charge in [0.25, 0.3) is 0 Å².